The topological polar surface area (TPSA) is 74.8 Å². The molecule has 1 fully saturated rings. The third-order valence-corrected chi connectivity index (χ3v) is 8.45. The second-order valence-corrected chi connectivity index (χ2v) is 10.9. The molecule has 1 aliphatic carbocycles. The number of amides is 2. The average molecular weight is 459 g/mol. The monoisotopic (exact) mass is 458 g/mol. The molecule has 1 saturated heterocycles. The van der Waals surface area contributed by atoms with Gasteiger partial charge in [-0.3, -0.25) is 14.5 Å². The van der Waals surface area contributed by atoms with E-state index in [2.05, 4.69) is 12.7 Å². The van der Waals surface area contributed by atoms with Gasteiger partial charge in [-0.2, -0.15) is 4.31 Å². The summed E-state index contributed by atoms with van der Waals surface area (Å²) in [6, 6.07) is 6.91. The second-order valence-electron chi connectivity index (χ2n) is 8.93. The number of unbranched alkanes of at least 4 members (excludes halogenated alkanes) is 1. The number of sulfonamides is 1. The van der Waals surface area contributed by atoms with Gasteiger partial charge in [-0.1, -0.05) is 48.8 Å². The Morgan fingerprint density at radius 3 is 2.50 bits per heavy atom. The smallest absolute Gasteiger partial charge is 0.243 e. The van der Waals surface area contributed by atoms with Gasteiger partial charge in [0, 0.05) is 20.1 Å². The van der Waals surface area contributed by atoms with Crippen molar-refractivity contribution < 1.29 is 18.0 Å². The van der Waals surface area contributed by atoms with E-state index in [0.717, 1.165) is 36.8 Å². The maximum atomic E-state index is 13.4. The van der Waals surface area contributed by atoms with E-state index >= 15 is 0 Å². The van der Waals surface area contributed by atoms with E-state index in [0.29, 0.717) is 13.0 Å². The molecule has 3 rings (SSSR count). The summed E-state index contributed by atoms with van der Waals surface area (Å²) in [5.74, 6) is -1.13. The van der Waals surface area contributed by atoms with Crippen LogP contribution in [0.5, 0.6) is 0 Å². The highest BCUT2D eigenvalue weighted by molar-refractivity contribution is 7.89. The summed E-state index contributed by atoms with van der Waals surface area (Å²) in [7, 11) is -2.12. The van der Waals surface area contributed by atoms with Crippen molar-refractivity contribution in [1.82, 2.24) is 9.21 Å². The van der Waals surface area contributed by atoms with Crippen molar-refractivity contribution in [2.45, 2.75) is 50.8 Å². The Kier molecular flexibility index (Phi) is 7.72. The van der Waals surface area contributed by atoms with Gasteiger partial charge in [0.1, 0.15) is 0 Å². The SMILES string of the molecule is C=CCC[C@H]1C=C(CN(CCCC)S(=O)(=O)c2ccc(C)cc2)C[C@H]2C(=O)N(C)C(=O)[C@@H]12. The molecule has 2 amide bonds. The van der Waals surface area contributed by atoms with Gasteiger partial charge >= 0.3 is 0 Å². The van der Waals surface area contributed by atoms with Crippen molar-refractivity contribution in [3.05, 3.63) is 54.1 Å². The van der Waals surface area contributed by atoms with E-state index in [-0.39, 0.29) is 35.1 Å². The van der Waals surface area contributed by atoms with Crippen LogP contribution in [0.2, 0.25) is 0 Å². The zero-order valence-electron chi connectivity index (χ0n) is 19.3. The fraction of sp³-hybridized carbons (Fsp3) is 0.520. The molecule has 6 nitrogen and oxygen atoms in total. The normalized spacial score (nSPS) is 23.4. The van der Waals surface area contributed by atoms with E-state index in [1.54, 1.807) is 31.3 Å². The van der Waals surface area contributed by atoms with Crippen LogP contribution in [-0.2, 0) is 19.6 Å². The third-order valence-electron chi connectivity index (χ3n) is 6.59. The van der Waals surface area contributed by atoms with Crippen LogP contribution in [-0.4, -0.2) is 49.6 Å². The summed E-state index contributed by atoms with van der Waals surface area (Å²) in [6.45, 7) is 8.40. The van der Waals surface area contributed by atoms with Gasteiger partial charge < -0.3 is 0 Å². The molecule has 32 heavy (non-hydrogen) atoms. The van der Waals surface area contributed by atoms with E-state index < -0.39 is 15.9 Å². The van der Waals surface area contributed by atoms with Crippen LogP contribution in [0, 0.1) is 24.7 Å². The number of rotatable bonds is 10. The quantitative estimate of drug-likeness (QED) is 0.393. The molecule has 1 aromatic carbocycles. The zero-order chi connectivity index (χ0) is 23.5. The van der Waals surface area contributed by atoms with Crippen LogP contribution < -0.4 is 0 Å². The first-order valence-corrected chi connectivity index (χ1v) is 12.8. The summed E-state index contributed by atoms with van der Waals surface area (Å²) in [6.07, 6.45) is 7.39. The fourth-order valence-electron chi connectivity index (χ4n) is 4.75. The number of nitrogens with zero attached hydrogens (tertiary/aromatic N) is 2. The van der Waals surface area contributed by atoms with Crippen molar-refractivity contribution in [2.24, 2.45) is 17.8 Å². The third kappa shape index (κ3) is 4.89. The number of carbonyl (C=O) groups excluding carboxylic acids is 2. The Labute approximate surface area is 192 Å². The lowest BCUT2D eigenvalue weighted by Crippen LogP contribution is -2.37. The molecule has 2 aliphatic rings. The van der Waals surface area contributed by atoms with Crippen molar-refractivity contribution in [1.29, 1.82) is 0 Å². The minimum absolute atomic E-state index is 0.0849. The highest BCUT2D eigenvalue weighted by Gasteiger charge is 2.50. The summed E-state index contributed by atoms with van der Waals surface area (Å²) < 4.78 is 28.4. The van der Waals surface area contributed by atoms with Crippen molar-refractivity contribution in [3.8, 4) is 0 Å². The molecule has 7 heteroatoms. The lowest BCUT2D eigenvalue weighted by molar-refractivity contribution is -0.138. The lowest BCUT2D eigenvalue weighted by Gasteiger charge is -2.32. The number of benzene rings is 1. The van der Waals surface area contributed by atoms with Crippen molar-refractivity contribution in [3.63, 3.8) is 0 Å². The number of likely N-dealkylation sites (tertiary alicyclic amines) is 1. The Morgan fingerprint density at radius 1 is 1.19 bits per heavy atom. The molecule has 1 aromatic rings. The van der Waals surface area contributed by atoms with Gasteiger partial charge in [0.2, 0.25) is 21.8 Å². The summed E-state index contributed by atoms with van der Waals surface area (Å²) >= 11 is 0. The summed E-state index contributed by atoms with van der Waals surface area (Å²) in [4.78, 5) is 27.0. The Bertz CT molecular complexity index is 997. The molecule has 0 N–H and O–H groups in total. The van der Waals surface area contributed by atoms with Crippen LogP contribution in [0.4, 0.5) is 0 Å². The molecule has 0 saturated carbocycles. The Balaban J connectivity index is 1.91. The lowest BCUT2D eigenvalue weighted by atomic mass is 9.72. The minimum atomic E-state index is -3.67. The van der Waals surface area contributed by atoms with E-state index in [1.165, 1.54) is 9.21 Å². The first-order chi connectivity index (χ1) is 15.2. The van der Waals surface area contributed by atoms with E-state index in [9.17, 15) is 18.0 Å². The average Bonchev–Trinajstić information content (AvgIpc) is 2.99. The predicted octanol–water partition coefficient (Wildman–Crippen LogP) is 3.93. The maximum Gasteiger partial charge on any atom is 0.243 e. The number of allylic oxidation sites excluding steroid dienone is 2. The predicted molar refractivity (Wildman–Crippen MR) is 125 cm³/mol. The van der Waals surface area contributed by atoms with E-state index in [4.69, 9.17) is 0 Å². The van der Waals surface area contributed by atoms with Gasteiger partial charge in [0.05, 0.1) is 16.7 Å². The zero-order valence-corrected chi connectivity index (χ0v) is 20.1. The van der Waals surface area contributed by atoms with Crippen LogP contribution in [0.3, 0.4) is 0 Å². The van der Waals surface area contributed by atoms with Crippen molar-refractivity contribution in [2.75, 3.05) is 20.1 Å². The number of imide groups is 1. The van der Waals surface area contributed by atoms with Crippen molar-refractivity contribution >= 4 is 21.8 Å². The van der Waals surface area contributed by atoms with Crippen LogP contribution in [0.1, 0.15) is 44.6 Å². The standard InChI is InChI=1S/C25H34N2O4S/c1-5-7-9-20-15-19(16-22-23(20)25(29)26(4)24(22)28)17-27(14-8-6-2)32(30,31)21-12-10-18(3)11-13-21/h5,10-13,15,20,22-23H,1,6-9,14,16-17H2,2-4H3/t20-,22+,23-/m0/s1. The number of hydrogen-bond acceptors (Lipinski definition) is 4. The fourth-order valence-corrected chi connectivity index (χ4v) is 6.24. The van der Waals surface area contributed by atoms with Crippen LogP contribution in [0.25, 0.3) is 0 Å². The molecule has 0 bridgehead atoms. The molecule has 0 radical (unpaired) electrons. The molecular formula is C25H34N2O4S. The second kappa shape index (κ2) is 10.1. The van der Waals surface area contributed by atoms with E-state index in [1.807, 2.05) is 19.9 Å². The largest absolute Gasteiger partial charge is 0.285 e. The molecular weight excluding hydrogens is 424 g/mol. The Morgan fingerprint density at radius 2 is 1.88 bits per heavy atom. The molecule has 174 valence electrons. The van der Waals surface area contributed by atoms with Gasteiger partial charge in [-0.15, -0.1) is 6.58 Å². The molecule has 0 unspecified atom stereocenters. The van der Waals surface area contributed by atoms with Gasteiger partial charge in [0.15, 0.2) is 0 Å². The van der Waals surface area contributed by atoms with Gasteiger partial charge in [-0.05, 0) is 50.7 Å². The molecule has 0 spiro atoms. The van der Waals surface area contributed by atoms with Crippen LogP contribution >= 0.6 is 0 Å². The first-order valence-electron chi connectivity index (χ1n) is 11.4. The molecule has 3 atom stereocenters. The number of carbonyl (C=O) groups is 2. The minimum Gasteiger partial charge on any atom is -0.285 e. The number of hydrogen-bond donors (Lipinski definition) is 0. The van der Waals surface area contributed by atoms with Gasteiger partial charge in [-0.25, -0.2) is 8.42 Å². The number of aryl methyl sites for hydroxylation is 1. The highest BCUT2D eigenvalue weighted by Crippen LogP contribution is 2.42. The van der Waals surface area contributed by atoms with Gasteiger partial charge in [0.25, 0.3) is 0 Å². The first kappa shape index (κ1) is 24.4. The van der Waals surface area contributed by atoms with Crippen LogP contribution in [0.15, 0.2) is 53.5 Å². The molecule has 1 aliphatic heterocycles. The highest BCUT2D eigenvalue weighted by atomic mass is 32.2. The maximum absolute atomic E-state index is 13.4. The summed E-state index contributed by atoms with van der Waals surface area (Å²) in [5.41, 5.74) is 1.92. The Hall–Kier alpha value is -2.25. The molecule has 1 heterocycles. The number of fused-ring (bicyclic) bond motifs is 1. The summed E-state index contributed by atoms with van der Waals surface area (Å²) in [5, 5.41) is 0. The molecule has 0 aromatic heterocycles.